The van der Waals surface area contributed by atoms with Gasteiger partial charge in [0.25, 0.3) is 0 Å². The smallest absolute Gasteiger partial charge is 0.230 e. The Kier molecular flexibility index (Phi) is 5.53. The average Bonchev–Trinajstić information content (AvgIpc) is 2.43. The van der Waals surface area contributed by atoms with Gasteiger partial charge in [0.1, 0.15) is 0 Å². The Morgan fingerprint density at radius 3 is 2.62 bits per heavy atom. The molecule has 2 unspecified atom stereocenters. The minimum absolute atomic E-state index is 0.107. The molecule has 21 heavy (non-hydrogen) atoms. The Labute approximate surface area is 136 Å². The Morgan fingerprint density at radius 2 is 2.05 bits per heavy atom. The molecule has 1 aliphatic heterocycles. The maximum Gasteiger partial charge on any atom is 0.230 e. The fraction of sp³-hybridized carbons (Fsp3) is 0.562. The molecule has 1 heterocycles. The second-order valence-electron chi connectivity index (χ2n) is 5.85. The van der Waals surface area contributed by atoms with Crippen LogP contribution in [-0.4, -0.2) is 36.6 Å². The first-order valence-corrected chi connectivity index (χ1v) is 8.00. The highest BCUT2D eigenvalue weighted by Crippen LogP contribution is 2.32. The predicted molar refractivity (Wildman–Crippen MR) is 86.0 cm³/mol. The fourth-order valence-electron chi connectivity index (χ4n) is 2.75. The number of carbonyl (C=O) groups excluding carboxylic acids is 1. The zero-order valence-electron chi connectivity index (χ0n) is 12.6. The fourth-order valence-corrected chi connectivity index (χ4v) is 3.06. The van der Waals surface area contributed by atoms with Crippen molar-refractivity contribution in [2.75, 3.05) is 19.8 Å². The molecule has 116 valence electrons. The van der Waals surface area contributed by atoms with E-state index < -0.39 is 0 Å². The van der Waals surface area contributed by atoms with Gasteiger partial charge in [0.2, 0.25) is 5.91 Å². The van der Waals surface area contributed by atoms with Crippen LogP contribution in [0.5, 0.6) is 0 Å². The van der Waals surface area contributed by atoms with Crippen LogP contribution in [0, 0.1) is 5.92 Å². The highest BCUT2D eigenvalue weighted by molar-refractivity contribution is 6.42. The molecule has 0 saturated carbocycles. The summed E-state index contributed by atoms with van der Waals surface area (Å²) in [7, 11) is 0. The third-order valence-electron chi connectivity index (χ3n) is 3.89. The molecule has 2 rings (SSSR count). The van der Waals surface area contributed by atoms with Crippen LogP contribution in [0.25, 0.3) is 0 Å². The van der Waals surface area contributed by atoms with Gasteiger partial charge in [-0.15, -0.1) is 0 Å². The highest BCUT2D eigenvalue weighted by atomic mass is 35.5. The number of halogens is 2. The molecule has 3 nitrogen and oxygen atoms in total. The molecule has 1 fully saturated rings. The molecule has 1 aromatic rings. The van der Waals surface area contributed by atoms with E-state index in [4.69, 9.17) is 27.9 Å². The molecular formula is C16H21Cl2NO2. The number of nitrogens with zero attached hydrogens (tertiary/aromatic N) is 1. The van der Waals surface area contributed by atoms with Crippen molar-refractivity contribution in [2.45, 2.75) is 32.7 Å². The van der Waals surface area contributed by atoms with Crippen molar-refractivity contribution in [3.05, 3.63) is 33.8 Å². The summed E-state index contributed by atoms with van der Waals surface area (Å²) in [6.07, 6.45) is 0. The average molecular weight is 330 g/mol. The number of amides is 1. The van der Waals surface area contributed by atoms with Crippen LogP contribution in [0.4, 0.5) is 0 Å². The van der Waals surface area contributed by atoms with Gasteiger partial charge < -0.3 is 9.64 Å². The van der Waals surface area contributed by atoms with Gasteiger partial charge in [-0.2, -0.15) is 0 Å². The Hall–Kier alpha value is -0.770. The summed E-state index contributed by atoms with van der Waals surface area (Å²) in [4.78, 5) is 14.9. The minimum atomic E-state index is -0.208. The zero-order chi connectivity index (χ0) is 15.6. The van der Waals surface area contributed by atoms with Crippen molar-refractivity contribution in [3.8, 4) is 0 Å². The maximum atomic E-state index is 12.9. The van der Waals surface area contributed by atoms with Crippen LogP contribution >= 0.6 is 23.2 Å². The molecule has 5 heteroatoms. The molecule has 1 aliphatic rings. The molecule has 1 amide bonds. The monoisotopic (exact) mass is 329 g/mol. The zero-order valence-corrected chi connectivity index (χ0v) is 14.1. The second-order valence-corrected chi connectivity index (χ2v) is 6.67. The van der Waals surface area contributed by atoms with Gasteiger partial charge in [0.05, 0.1) is 35.2 Å². The summed E-state index contributed by atoms with van der Waals surface area (Å²) in [5.74, 6) is 0.115. The number of morpholine rings is 1. The Balaban J connectivity index is 2.29. The van der Waals surface area contributed by atoms with Crippen LogP contribution in [0.1, 0.15) is 32.3 Å². The van der Waals surface area contributed by atoms with Crippen molar-refractivity contribution in [1.82, 2.24) is 4.90 Å². The second kappa shape index (κ2) is 6.99. The largest absolute Gasteiger partial charge is 0.377 e. The summed E-state index contributed by atoms with van der Waals surface area (Å²) in [5.41, 5.74) is 0.920. The number of carbonyl (C=O) groups is 1. The molecule has 0 aliphatic carbocycles. The Bertz CT molecular complexity index is 519. The van der Waals surface area contributed by atoms with E-state index in [1.54, 1.807) is 12.1 Å². The van der Waals surface area contributed by atoms with E-state index in [0.717, 1.165) is 5.56 Å². The van der Waals surface area contributed by atoms with Gasteiger partial charge in [0, 0.05) is 6.54 Å². The van der Waals surface area contributed by atoms with E-state index in [-0.39, 0.29) is 23.8 Å². The molecule has 2 atom stereocenters. The Morgan fingerprint density at radius 1 is 1.33 bits per heavy atom. The predicted octanol–water partition coefficient (Wildman–Crippen LogP) is 3.98. The summed E-state index contributed by atoms with van der Waals surface area (Å²) >= 11 is 12.1. The molecule has 0 N–H and O–H groups in total. The molecule has 0 spiro atoms. The quantitative estimate of drug-likeness (QED) is 0.839. The van der Waals surface area contributed by atoms with Gasteiger partial charge in [0.15, 0.2) is 0 Å². The number of rotatable bonds is 3. The van der Waals surface area contributed by atoms with E-state index in [9.17, 15) is 4.79 Å². The lowest BCUT2D eigenvalue weighted by atomic mass is 9.86. The topological polar surface area (TPSA) is 29.5 Å². The van der Waals surface area contributed by atoms with Crippen LogP contribution < -0.4 is 0 Å². The van der Waals surface area contributed by atoms with Crippen LogP contribution in [0.3, 0.4) is 0 Å². The maximum absolute atomic E-state index is 12.9. The first-order valence-electron chi connectivity index (χ1n) is 7.25. The van der Waals surface area contributed by atoms with Crippen molar-refractivity contribution >= 4 is 29.1 Å². The molecule has 1 saturated heterocycles. The number of hydrogen-bond acceptors (Lipinski definition) is 2. The van der Waals surface area contributed by atoms with E-state index in [2.05, 4.69) is 13.8 Å². The SMILES string of the molecule is CC(C)C(C(=O)N1CCOCC1C)c1ccc(Cl)c(Cl)c1. The van der Waals surface area contributed by atoms with E-state index in [1.807, 2.05) is 17.9 Å². The molecule has 0 aromatic heterocycles. The number of hydrogen-bond donors (Lipinski definition) is 0. The minimum Gasteiger partial charge on any atom is -0.377 e. The van der Waals surface area contributed by atoms with Crippen molar-refractivity contribution < 1.29 is 9.53 Å². The van der Waals surface area contributed by atoms with Gasteiger partial charge in [-0.1, -0.05) is 43.1 Å². The summed E-state index contributed by atoms with van der Waals surface area (Å²) in [6, 6.07) is 5.56. The number of ether oxygens (including phenoxy) is 1. The van der Waals surface area contributed by atoms with Gasteiger partial charge in [-0.05, 0) is 30.5 Å². The van der Waals surface area contributed by atoms with Crippen molar-refractivity contribution in [1.29, 1.82) is 0 Å². The van der Waals surface area contributed by atoms with Gasteiger partial charge in [-0.3, -0.25) is 4.79 Å². The van der Waals surface area contributed by atoms with Crippen LogP contribution in [0.2, 0.25) is 10.0 Å². The van der Waals surface area contributed by atoms with Crippen molar-refractivity contribution in [2.24, 2.45) is 5.92 Å². The summed E-state index contributed by atoms with van der Waals surface area (Å²) in [6.45, 7) is 7.96. The lowest BCUT2D eigenvalue weighted by molar-refractivity contribution is -0.141. The van der Waals surface area contributed by atoms with Crippen LogP contribution in [0.15, 0.2) is 18.2 Å². The van der Waals surface area contributed by atoms with E-state index in [0.29, 0.717) is 29.8 Å². The lowest BCUT2D eigenvalue weighted by Gasteiger charge is -2.37. The highest BCUT2D eigenvalue weighted by Gasteiger charge is 2.32. The number of benzene rings is 1. The first kappa shape index (κ1) is 16.6. The van der Waals surface area contributed by atoms with Crippen molar-refractivity contribution in [3.63, 3.8) is 0 Å². The first-order chi connectivity index (χ1) is 9.91. The van der Waals surface area contributed by atoms with Gasteiger partial charge in [-0.25, -0.2) is 0 Å². The van der Waals surface area contributed by atoms with E-state index in [1.165, 1.54) is 0 Å². The molecule has 0 radical (unpaired) electrons. The summed E-state index contributed by atoms with van der Waals surface area (Å²) < 4.78 is 5.41. The van der Waals surface area contributed by atoms with E-state index >= 15 is 0 Å². The lowest BCUT2D eigenvalue weighted by Crippen LogP contribution is -2.49. The summed E-state index contributed by atoms with van der Waals surface area (Å²) in [5, 5.41) is 0.998. The normalized spacial score (nSPS) is 20.7. The molecule has 0 bridgehead atoms. The molecular weight excluding hydrogens is 309 g/mol. The third-order valence-corrected chi connectivity index (χ3v) is 4.63. The third kappa shape index (κ3) is 3.71. The van der Waals surface area contributed by atoms with Gasteiger partial charge >= 0.3 is 0 Å². The standard InChI is InChI=1S/C16H21Cl2NO2/c1-10(2)15(12-4-5-13(17)14(18)8-12)16(20)19-6-7-21-9-11(19)3/h4-5,8,10-11,15H,6-7,9H2,1-3H3. The molecule has 1 aromatic carbocycles. The van der Waals surface area contributed by atoms with Crippen LogP contribution in [-0.2, 0) is 9.53 Å².